The van der Waals surface area contributed by atoms with Gasteiger partial charge >= 0.3 is 0 Å². The Labute approximate surface area is 102 Å². The second kappa shape index (κ2) is 5.66. The van der Waals surface area contributed by atoms with Gasteiger partial charge in [0.15, 0.2) is 0 Å². The topological polar surface area (TPSA) is 46.9 Å². The normalized spacial score (nSPS) is 19.2. The number of rotatable bonds is 4. The molecule has 0 bridgehead atoms. The van der Waals surface area contributed by atoms with Crippen molar-refractivity contribution in [2.75, 3.05) is 6.54 Å². The SMILES string of the molecule is Cn1ccnc1CCNC(=O)[C@@H]1CC=CCC1. The second-order valence-corrected chi connectivity index (χ2v) is 4.48. The van der Waals surface area contributed by atoms with E-state index in [1.54, 1.807) is 6.20 Å². The highest BCUT2D eigenvalue weighted by molar-refractivity contribution is 5.78. The van der Waals surface area contributed by atoms with Crippen LogP contribution in [0.1, 0.15) is 25.1 Å². The van der Waals surface area contributed by atoms with E-state index in [4.69, 9.17) is 0 Å². The number of nitrogens with zero attached hydrogens (tertiary/aromatic N) is 2. The average Bonchev–Trinajstić information content (AvgIpc) is 2.76. The quantitative estimate of drug-likeness (QED) is 0.800. The van der Waals surface area contributed by atoms with Crippen LogP contribution in [0.15, 0.2) is 24.5 Å². The van der Waals surface area contributed by atoms with Gasteiger partial charge in [0.1, 0.15) is 5.82 Å². The van der Waals surface area contributed by atoms with Gasteiger partial charge in [0.25, 0.3) is 0 Å². The standard InChI is InChI=1S/C13H19N3O/c1-16-10-9-14-12(16)7-8-15-13(17)11-5-3-2-4-6-11/h2-3,9-11H,4-8H2,1H3,(H,15,17)/t11-/m1/s1. The van der Waals surface area contributed by atoms with E-state index in [2.05, 4.69) is 22.5 Å². The van der Waals surface area contributed by atoms with Crippen LogP contribution in [-0.4, -0.2) is 22.0 Å². The van der Waals surface area contributed by atoms with Gasteiger partial charge in [-0.2, -0.15) is 0 Å². The van der Waals surface area contributed by atoms with Crippen molar-refractivity contribution in [1.82, 2.24) is 14.9 Å². The van der Waals surface area contributed by atoms with Gasteiger partial charge in [-0.25, -0.2) is 4.98 Å². The van der Waals surface area contributed by atoms with Gasteiger partial charge in [0, 0.05) is 38.3 Å². The van der Waals surface area contributed by atoms with Crippen molar-refractivity contribution in [1.29, 1.82) is 0 Å². The van der Waals surface area contributed by atoms with E-state index in [0.717, 1.165) is 31.5 Å². The zero-order valence-electron chi connectivity index (χ0n) is 10.2. The van der Waals surface area contributed by atoms with Crippen LogP contribution in [-0.2, 0) is 18.3 Å². The molecular formula is C13H19N3O. The summed E-state index contributed by atoms with van der Waals surface area (Å²) < 4.78 is 1.98. The summed E-state index contributed by atoms with van der Waals surface area (Å²) in [6.45, 7) is 0.671. The summed E-state index contributed by atoms with van der Waals surface area (Å²) in [5.41, 5.74) is 0. The maximum absolute atomic E-state index is 11.8. The molecule has 0 saturated carbocycles. The molecular weight excluding hydrogens is 214 g/mol. The second-order valence-electron chi connectivity index (χ2n) is 4.48. The Bertz CT molecular complexity index is 409. The molecule has 0 aliphatic heterocycles. The molecule has 1 atom stereocenters. The van der Waals surface area contributed by atoms with Crippen molar-refractivity contribution in [2.24, 2.45) is 13.0 Å². The van der Waals surface area contributed by atoms with Gasteiger partial charge in [-0.15, -0.1) is 0 Å². The van der Waals surface area contributed by atoms with Crippen molar-refractivity contribution in [3.63, 3.8) is 0 Å². The number of nitrogens with one attached hydrogen (secondary N) is 1. The van der Waals surface area contributed by atoms with Crippen molar-refractivity contribution in [2.45, 2.75) is 25.7 Å². The smallest absolute Gasteiger partial charge is 0.223 e. The summed E-state index contributed by atoms with van der Waals surface area (Å²) in [5.74, 6) is 1.36. The maximum Gasteiger partial charge on any atom is 0.223 e. The molecule has 1 amide bonds. The van der Waals surface area contributed by atoms with Crippen molar-refractivity contribution in [3.05, 3.63) is 30.4 Å². The number of aryl methyl sites for hydroxylation is 1. The van der Waals surface area contributed by atoms with Gasteiger partial charge in [0.2, 0.25) is 5.91 Å². The van der Waals surface area contributed by atoms with Crippen molar-refractivity contribution in [3.8, 4) is 0 Å². The van der Waals surface area contributed by atoms with Crippen LogP contribution >= 0.6 is 0 Å². The minimum atomic E-state index is 0.168. The van der Waals surface area contributed by atoms with E-state index in [9.17, 15) is 4.79 Å². The Morgan fingerprint density at radius 1 is 1.59 bits per heavy atom. The lowest BCUT2D eigenvalue weighted by Crippen LogP contribution is -2.32. The lowest BCUT2D eigenvalue weighted by atomic mass is 9.94. The zero-order valence-corrected chi connectivity index (χ0v) is 10.2. The minimum absolute atomic E-state index is 0.168. The van der Waals surface area contributed by atoms with Crippen molar-refractivity contribution >= 4 is 5.91 Å². The molecule has 1 heterocycles. The van der Waals surface area contributed by atoms with Crippen LogP contribution in [0.2, 0.25) is 0 Å². The van der Waals surface area contributed by atoms with E-state index in [0.29, 0.717) is 6.54 Å². The van der Waals surface area contributed by atoms with Gasteiger partial charge in [-0.05, 0) is 19.3 Å². The predicted molar refractivity (Wildman–Crippen MR) is 66.4 cm³/mol. The largest absolute Gasteiger partial charge is 0.355 e. The highest BCUT2D eigenvalue weighted by atomic mass is 16.1. The highest BCUT2D eigenvalue weighted by Crippen LogP contribution is 2.17. The summed E-state index contributed by atoms with van der Waals surface area (Å²) in [6, 6.07) is 0. The average molecular weight is 233 g/mol. The minimum Gasteiger partial charge on any atom is -0.355 e. The first-order valence-corrected chi connectivity index (χ1v) is 6.16. The number of hydrogen-bond donors (Lipinski definition) is 1. The molecule has 1 N–H and O–H groups in total. The van der Waals surface area contributed by atoms with Crippen LogP contribution in [0.4, 0.5) is 0 Å². The molecule has 0 fully saturated rings. The van der Waals surface area contributed by atoms with Gasteiger partial charge in [0.05, 0.1) is 0 Å². The third kappa shape index (κ3) is 3.19. The third-order valence-corrected chi connectivity index (χ3v) is 3.21. The number of allylic oxidation sites excluding steroid dienone is 2. The van der Waals surface area contributed by atoms with E-state index in [-0.39, 0.29) is 11.8 Å². The zero-order chi connectivity index (χ0) is 12.1. The first-order chi connectivity index (χ1) is 8.27. The molecule has 1 aliphatic carbocycles. The summed E-state index contributed by atoms with van der Waals surface area (Å²) in [7, 11) is 1.97. The molecule has 1 aromatic rings. The number of carbonyl (C=O) groups excluding carboxylic acids is 1. The summed E-state index contributed by atoms with van der Waals surface area (Å²) in [4.78, 5) is 16.1. The van der Waals surface area contributed by atoms with Gasteiger partial charge in [-0.1, -0.05) is 12.2 Å². The molecule has 2 rings (SSSR count). The maximum atomic E-state index is 11.8. The number of imidazole rings is 1. The Kier molecular flexibility index (Phi) is 3.96. The van der Waals surface area contributed by atoms with Crippen LogP contribution < -0.4 is 5.32 Å². The molecule has 1 aliphatic rings. The van der Waals surface area contributed by atoms with Crippen LogP contribution in [0.25, 0.3) is 0 Å². The monoisotopic (exact) mass is 233 g/mol. The van der Waals surface area contributed by atoms with E-state index >= 15 is 0 Å². The number of aromatic nitrogens is 2. The molecule has 0 aromatic carbocycles. The van der Waals surface area contributed by atoms with Gasteiger partial charge in [-0.3, -0.25) is 4.79 Å². The Morgan fingerprint density at radius 3 is 3.12 bits per heavy atom. The lowest BCUT2D eigenvalue weighted by Gasteiger charge is -2.17. The number of amides is 1. The third-order valence-electron chi connectivity index (χ3n) is 3.21. The summed E-state index contributed by atoms with van der Waals surface area (Å²) >= 11 is 0. The van der Waals surface area contributed by atoms with Crippen LogP contribution in [0.3, 0.4) is 0 Å². The summed E-state index contributed by atoms with van der Waals surface area (Å²) in [5, 5.41) is 2.99. The van der Waals surface area contributed by atoms with E-state index in [1.807, 2.05) is 17.8 Å². The Hall–Kier alpha value is -1.58. The molecule has 4 heteroatoms. The fourth-order valence-electron chi connectivity index (χ4n) is 2.11. The Morgan fingerprint density at radius 2 is 2.47 bits per heavy atom. The van der Waals surface area contributed by atoms with Gasteiger partial charge < -0.3 is 9.88 Å². The predicted octanol–water partition coefficient (Wildman–Crippen LogP) is 1.44. The molecule has 92 valence electrons. The van der Waals surface area contributed by atoms with Crippen LogP contribution in [0.5, 0.6) is 0 Å². The fraction of sp³-hybridized carbons (Fsp3) is 0.538. The molecule has 17 heavy (non-hydrogen) atoms. The van der Waals surface area contributed by atoms with Crippen LogP contribution in [0, 0.1) is 5.92 Å². The van der Waals surface area contributed by atoms with Crippen molar-refractivity contribution < 1.29 is 4.79 Å². The first-order valence-electron chi connectivity index (χ1n) is 6.16. The Balaban J connectivity index is 1.73. The fourth-order valence-corrected chi connectivity index (χ4v) is 2.11. The van der Waals surface area contributed by atoms with E-state index in [1.165, 1.54) is 0 Å². The molecule has 0 radical (unpaired) electrons. The summed E-state index contributed by atoms with van der Waals surface area (Å²) in [6.07, 6.45) is 11.6. The first kappa shape index (κ1) is 11.9. The van der Waals surface area contributed by atoms with E-state index < -0.39 is 0 Å². The molecule has 4 nitrogen and oxygen atoms in total. The number of carbonyl (C=O) groups is 1. The highest BCUT2D eigenvalue weighted by Gasteiger charge is 2.17. The number of hydrogen-bond acceptors (Lipinski definition) is 2. The lowest BCUT2D eigenvalue weighted by molar-refractivity contribution is -0.125. The molecule has 0 spiro atoms. The molecule has 1 aromatic heterocycles. The molecule has 0 unspecified atom stereocenters. The molecule has 0 saturated heterocycles.